The predicted molar refractivity (Wildman–Crippen MR) is 58.6 cm³/mol. The lowest BCUT2D eigenvalue weighted by Crippen LogP contribution is -2.52. The summed E-state index contributed by atoms with van der Waals surface area (Å²) in [5.41, 5.74) is 0. The van der Waals surface area contributed by atoms with Gasteiger partial charge in [0.15, 0.2) is 0 Å². The van der Waals surface area contributed by atoms with Crippen LogP contribution in [0.25, 0.3) is 0 Å². The average molecular weight is 211 g/mol. The number of carbonyl (C=O) groups excluding carboxylic acids is 1. The Bertz CT molecular complexity index is 242. The highest BCUT2D eigenvalue weighted by atomic mass is 16.3. The van der Waals surface area contributed by atoms with Crippen molar-refractivity contribution in [2.75, 3.05) is 19.7 Å². The third-order valence-electron chi connectivity index (χ3n) is 4.09. The first kappa shape index (κ1) is 11.1. The van der Waals surface area contributed by atoms with Gasteiger partial charge in [-0.1, -0.05) is 13.3 Å². The molecule has 0 unspecified atom stereocenters. The number of nitrogens with zero attached hydrogens (tertiary/aromatic N) is 1. The monoisotopic (exact) mass is 211 g/mol. The molecule has 0 spiro atoms. The smallest absolute Gasteiger partial charge is 0.134 e. The Morgan fingerprint density at radius 1 is 1.47 bits per heavy atom. The molecule has 15 heavy (non-hydrogen) atoms. The van der Waals surface area contributed by atoms with Gasteiger partial charge < -0.3 is 5.11 Å². The fourth-order valence-corrected chi connectivity index (χ4v) is 3.26. The zero-order valence-corrected chi connectivity index (χ0v) is 9.48. The molecule has 0 aromatic heterocycles. The number of β-amino-alcohol motifs (C(OH)–C–C–N with tert-alkyl or cyclic N) is 1. The van der Waals surface area contributed by atoms with E-state index in [0.717, 1.165) is 25.9 Å². The first-order valence-electron chi connectivity index (χ1n) is 6.11. The number of hydrogen-bond donors (Lipinski definition) is 1. The van der Waals surface area contributed by atoms with Crippen LogP contribution in [0.15, 0.2) is 0 Å². The van der Waals surface area contributed by atoms with Gasteiger partial charge in [-0.15, -0.1) is 0 Å². The van der Waals surface area contributed by atoms with Gasteiger partial charge in [0.05, 0.1) is 6.61 Å². The second-order valence-corrected chi connectivity index (χ2v) is 4.98. The maximum absolute atomic E-state index is 11.6. The van der Waals surface area contributed by atoms with E-state index in [1.165, 1.54) is 6.42 Å². The third-order valence-corrected chi connectivity index (χ3v) is 4.09. The number of hydrogen-bond acceptors (Lipinski definition) is 3. The van der Waals surface area contributed by atoms with E-state index in [1.54, 1.807) is 0 Å². The first-order chi connectivity index (χ1) is 7.24. The van der Waals surface area contributed by atoms with E-state index in [1.807, 2.05) is 0 Å². The van der Waals surface area contributed by atoms with Crippen LogP contribution in [-0.2, 0) is 4.79 Å². The molecule has 0 radical (unpaired) electrons. The van der Waals surface area contributed by atoms with Crippen LogP contribution in [-0.4, -0.2) is 41.5 Å². The van der Waals surface area contributed by atoms with Crippen LogP contribution >= 0.6 is 0 Å². The fraction of sp³-hybridized carbons (Fsp3) is 0.917. The molecule has 0 aromatic carbocycles. The maximum Gasteiger partial charge on any atom is 0.134 e. The van der Waals surface area contributed by atoms with Crippen LogP contribution in [0.5, 0.6) is 0 Å². The predicted octanol–water partition coefficient (Wildman–Crippen LogP) is 1.06. The van der Waals surface area contributed by atoms with Crippen LogP contribution in [0, 0.1) is 11.8 Å². The number of aliphatic hydroxyl groups is 1. The van der Waals surface area contributed by atoms with E-state index in [9.17, 15) is 4.79 Å². The molecule has 1 saturated carbocycles. The van der Waals surface area contributed by atoms with E-state index in [0.29, 0.717) is 30.1 Å². The molecule has 2 fully saturated rings. The number of carbonyl (C=O) groups is 1. The molecule has 2 bridgehead atoms. The molecule has 1 aliphatic heterocycles. The molecule has 86 valence electrons. The van der Waals surface area contributed by atoms with Crippen molar-refractivity contribution >= 4 is 5.78 Å². The first-order valence-corrected chi connectivity index (χ1v) is 6.11. The summed E-state index contributed by atoms with van der Waals surface area (Å²) in [6, 6.07) is 0.422. The van der Waals surface area contributed by atoms with Crippen LogP contribution < -0.4 is 0 Å². The largest absolute Gasteiger partial charge is 0.395 e. The minimum Gasteiger partial charge on any atom is -0.395 e. The van der Waals surface area contributed by atoms with Gasteiger partial charge in [0.1, 0.15) is 5.78 Å². The second-order valence-electron chi connectivity index (χ2n) is 4.98. The minimum atomic E-state index is 0.214. The van der Waals surface area contributed by atoms with Crippen molar-refractivity contribution in [3.63, 3.8) is 0 Å². The number of rotatable bonds is 3. The number of piperidine rings is 1. The second kappa shape index (κ2) is 4.62. The van der Waals surface area contributed by atoms with E-state index >= 15 is 0 Å². The van der Waals surface area contributed by atoms with Crippen LogP contribution in [0.4, 0.5) is 0 Å². The number of Topliss-reactive ketones (excluding diaryl/α,β-unsaturated/α-hetero) is 1. The molecule has 1 N–H and O–H groups in total. The van der Waals surface area contributed by atoms with Gasteiger partial charge in [0.25, 0.3) is 0 Å². The van der Waals surface area contributed by atoms with Crippen molar-refractivity contribution in [1.82, 2.24) is 4.90 Å². The molecule has 1 heterocycles. The maximum atomic E-state index is 11.6. The molecular weight excluding hydrogens is 190 g/mol. The Morgan fingerprint density at radius 2 is 2.27 bits per heavy atom. The van der Waals surface area contributed by atoms with E-state index < -0.39 is 0 Å². The van der Waals surface area contributed by atoms with Crippen molar-refractivity contribution in [2.24, 2.45) is 11.8 Å². The Labute approximate surface area is 91.5 Å². The molecule has 3 atom stereocenters. The summed E-state index contributed by atoms with van der Waals surface area (Å²) in [5.74, 6) is 1.71. The summed E-state index contributed by atoms with van der Waals surface area (Å²) in [7, 11) is 0. The van der Waals surface area contributed by atoms with Crippen molar-refractivity contribution < 1.29 is 9.90 Å². The molecule has 0 amide bonds. The van der Waals surface area contributed by atoms with Crippen molar-refractivity contribution in [2.45, 2.75) is 38.6 Å². The van der Waals surface area contributed by atoms with Gasteiger partial charge in [-0.2, -0.15) is 0 Å². The number of fused-ring (bicyclic) bond motifs is 2. The van der Waals surface area contributed by atoms with Gasteiger partial charge in [-0.05, 0) is 18.3 Å². The normalized spacial score (nSPS) is 36.9. The van der Waals surface area contributed by atoms with Crippen LogP contribution in [0.1, 0.15) is 32.6 Å². The SMILES string of the molecule is CC[C@@H]1CN(CCO)[C@@H]2CC(=O)C[C@@H]1C2. The van der Waals surface area contributed by atoms with Gasteiger partial charge in [-0.25, -0.2) is 0 Å². The summed E-state index contributed by atoms with van der Waals surface area (Å²) in [5, 5.41) is 9.01. The number of aliphatic hydroxyl groups excluding tert-OH is 1. The number of likely N-dealkylation sites (tertiary alicyclic amines) is 1. The molecule has 3 nitrogen and oxygen atoms in total. The van der Waals surface area contributed by atoms with Gasteiger partial charge >= 0.3 is 0 Å². The lowest BCUT2D eigenvalue weighted by atomic mass is 9.72. The Hall–Kier alpha value is -0.410. The highest BCUT2D eigenvalue weighted by Crippen LogP contribution is 2.37. The topological polar surface area (TPSA) is 40.5 Å². The van der Waals surface area contributed by atoms with Gasteiger partial charge in [-0.3, -0.25) is 9.69 Å². The highest BCUT2D eigenvalue weighted by molar-refractivity contribution is 5.80. The zero-order chi connectivity index (χ0) is 10.8. The molecule has 2 aliphatic rings. The molecule has 3 heteroatoms. The Morgan fingerprint density at radius 3 is 2.93 bits per heavy atom. The average Bonchev–Trinajstić information content (AvgIpc) is 2.22. The van der Waals surface area contributed by atoms with E-state index in [4.69, 9.17) is 5.11 Å². The Kier molecular flexibility index (Phi) is 3.42. The third kappa shape index (κ3) is 2.23. The molecule has 2 rings (SSSR count). The highest BCUT2D eigenvalue weighted by Gasteiger charge is 2.39. The Balaban J connectivity index is 2.06. The van der Waals surface area contributed by atoms with Crippen molar-refractivity contribution in [3.05, 3.63) is 0 Å². The summed E-state index contributed by atoms with van der Waals surface area (Å²) in [6.07, 6.45) is 3.85. The van der Waals surface area contributed by atoms with Crippen molar-refractivity contribution in [1.29, 1.82) is 0 Å². The lowest BCUT2D eigenvalue weighted by Gasteiger charge is -2.46. The standard InChI is InChI=1S/C12H21NO2/c1-2-9-8-13(3-4-14)11-5-10(9)6-12(15)7-11/h9-11,14H,2-8H2,1H3/t9-,10+,11+/m1/s1. The summed E-state index contributed by atoms with van der Waals surface area (Å²) < 4.78 is 0. The zero-order valence-electron chi connectivity index (χ0n) is 9.48. The summed E-state index contributed by atoms with van der Waals surface area (Å²) >= 11 is 0. The number of ketones is 1. The van der Waals surface area contributed by atoms with Crippen LogP contribution in [0.2, 0.25) is 0 Å². The van der Waals surface area contributed by atoms with E-state index in [-0.39, 0.29) is 6.61 Å². The van der Waals surface area contributed by atoms with Gasteiger partial charge in [0, 0.05) is 32.0 Å². The minimum absolute atomic E-state index is 0.214. The van der Waals surface area contributed by atoms with E-state index in [2.05, 4.69) is 11.8 Å². The molecule has 1 saturated heterocycles. The summed E-state index contributed by atoms with van der Waals surface area (Å²) in [6.45, 7) is 4.24. The van der Waals surface area contributed by atoms with Gasteiger partial charge in [0.2, 0.25) is 0 Å². The molecule has 0 aromatic rings. The lowest BCUT2D eigenvalue weighted by molar-refractivity contribution is -0.127. The van der Waals surface area contributed by atoms with Crippen LogP contribution in [0.3, 0.4) is 0 Å². The molecule has 1 aliphatic carbocycles. The quantitative estimate of drug-likeness (QED) is 0.759. The molecular formula is C12H21NO2. The van der Waals surface area contributed by atoms with Crippen molar-refractivity contribution in [3.8, 4) is 0 Å². The fourth-order valence-electron chi connectivity index (χ4n) is 3.26. The summed E-state index contributed by atoms with van der Waals surface area (Å²) in [4.78, 5) is 13.9.